The standard InChI is InChI=1S/C9H15FO.C2H6/c1-7(11)8-3-5-9(2,10)6-4-8;1-2/h8H,3-6H2,1-2H3;1-2H3. The highest BCUT2D eigenvalue weighted by Gasteiger charge is 2.32. The summed E-state index contributed by atoms with van der Waals surface area (Å²) in [6.07, 6.45) is 2.58. The summed E-state index contributed by atoms with van der Waals surface area (Å²) in [6, 6.07) is 0. The summed E-state index contributed by atoms with van der Waals surface area (Å²) in [5.41, 5.74) is -1.01. The lowest BCUT2D eigenvalue weighted by atomic mass is 9.79. The lowest BCUT2D eigenvalue weighted by molar-refractivity contribution is -0.122. The topological polar surface area (TPSA) is 17.1 Å². The van der Waals surface area contributed by atoms with E-state index in [1.165, 1.54) is 0 Å². The summed E-state index contributed by atoms with van der Waals surface area (Å²) in [5, 5.41) is 0. The van der Waals surface area contributed by atoms with E-state index in [4.69, 9.17) is 0 Å². The van der Waals surface area contributed by atoms with Crippen LogP contribution in [0.1, 0.15) is 53.4 Å². The minimum absolute atomic E-state index is 0.138. The summed E-state index contributed by atoms with van der Waals surface area (Å²) in [7, 11) is 0. The fraction of sp³-hybridized carbons (Fsp3) is 0.909. The number of carbonyl (C=O) groups excluding carboxylic acids is 1. The molecule has 0 aromatic carbocycles. The van der Waals surface area contributed by atoms with Gasteiger partial charge in [-0.25, -0.2) is 4.39 Å². The molecule has 13 heavy (non-hydrogen) atoms. The minimum atomic E-state index is -1.01. The van der Waals surface area contributed by atoms with Crippen molar-refractivity contribution in [2.75, 3.05) is 0 Å². The quantitative estimate of drug-likeness (QED) is 0.615. The molecule has 0 saturated heterocycles. The van der Waals surface area contributed by atoms with Gasteiger partial charge in [0.2, 0.25) is 0 Å². The second-order valence-corrected chi connectivity index (χ2v) is 3.80. The van der Waals surface area contributed by atoms with E-state index in [9.17, 15) is 9.18 Å². The van der Waals surface area contributed by atoms with Crippen LogP contribution in [0.3, 0.4) is 0 Å². The molecule has 1 aliphatic carbocycles. The highest BCUT2D eigenvalue weighted by atomic mass is 19.1. The molecule has 0 spiro atoms. The first-order valence-corrected chi connectivity index (χ1v) is 5.21. The molecule has 1 fully saturated rings. The van der Waals surface area contributed by atoms with Crippen molar-refractivity contribution in [3.63, 3.8) is 0 Å². The first-order valence-electron chi connectivity index (χ1n) is 5.21. The van der Waals surface area contributed by atoms with Crippen LogP contribution in [0, 0.1) is 5.92 Å². The highest BCUT2D eigenvalue weighted by Crippen LogP contribution is 2.34. The van der Waals surface area contributed by atoms with E-state index in [1.807, 2.05) is 13.8 Å². The van der Waals surface area contributed by atoms with Gasteiger partial charge >= 0.3 is 0 Å². The molecule has 0 heterocycles. The molecule has 0 atom stereocenters. The minimum Gasteiger partial charge on any atom is -0.300 e. The Balaban J connectivity index is 0.000000671. The monoisotopic (exact) mass is 188 g/mol. The van der Waals surface area contributed by atoms with Crippen molar-refractivity contribution < 1.29 is 9.18 Å². The van der Waals surface area contributed by atoms with E-state index < -0.39 is 5.67 Å². The summed E-state index contributed by atoms with van der Waals surface area (Å²) in [6.45, 7) is 7.23. The van der Waals surface area contributed by atoms with Gasteiger partial charge in [0.05, 0.1) is 0 Å². The van der Waals surface area contributed by atoms with Gasteiger partial charge in [-0.3, -0.25) is 4.79 Å². The number of hydrogen-bond donors (Lipinski definition) is 0. The van der Waals surface area contributed by atoms with E-state index in [0.29, 0.717) is 12.8 Å². The molecule has 0 aromatic rings. The van der Waals surface area contributed by atoms with E-state index >= 15 is 0 Å². The van der Waals surface area contributed by atoms with Gasteiger partial charge in [0.1, 0.15) is 11.5 Å². The first kappa shape index (κ1) is 12.6. The van der Waals surface area contributed by atoms with E-state index in [2.05, 4.69) is 0 Å². The zero-order valence-electron chi connectivity index (χ0n) is 9.19. The van der Waals surface area contributed by atoms with Crippen LogP contribution in [0.15, 0.2) is 0 Å². The van der Waals surface area contributed by atoms with Crippen LogP contribution in [0.4, 0.5) is 4.39 Å². The van der Waals surface area contributed by atoms with Crippen molar-refractivity contribution in [3.05, 3.63) is 0 Å². The smallest absolute Gasteiger partial charge is 0.132 e. The Morgan fingerprint density at radius 3 is 2.00 bits per heavy atom. The van der Waals surface area contributed by atoms with Gasteiger partial charge in [-0.15, -0.1) is 0 Å². The Bertz CT molecular complexity index is 153. The predicted octanol–water partition coefficient (Wildman–Crippen LogP) is 3.52. The average molecular weight is 188 g/mol. The maximum absolute atomic E-state index is 13.2. The van der Waals surface area contributed by atoms with Crippen LogP contribution in [-0.4, -0.2) is 11.5 Å². The molecule has 0 amide bonds. The van der Waals surface area contributed by atoms with Gasteiger partial charge < -0.3 is 0 Å². The second-order valence-electron chi connectivity index (χ2n) is 3.80. The molecule has 0 bridgehead atoms. The van der Waals surface area contributed by atoms with E-state index in [0.717, 1.165) is 12.8 Å². The number of carbonyl (C=O) groups is 1. The van der Waals surface area contributed by atoms with Crippen LogP contribution in [-0.2, 0) is 4.79 Å². The third-order valence-corrected chi connectivity index (χ3v) is 2.60. The van der Waals surface area contributed by atoms with Gasteiger partial charge in [0.25, 0.3) is 0 Å². The van der Waals surface area contributed by atoms with Crippen LogP contribution in [0.5, 0.6) is 0 Å². The first-order chi connectivity index (χ1) is 6.01. The Labute approximate surface area is 80.7 Å². The highest BCUT2D eigenvalue weighted by molar-refractivity contribution is 5.78. The van der Waals surface area contributed by atoms with Gasteiger partial charge in [-0.1, -0.05) is 13.8 Å². The molecular weight excluding hydrogens is 167 g/mol. The lowest BCUT2D eigenvalue weighted by Crippen LogP contribution is -2.28. The third-order valence-electron chi connectivity index (χ3n) is 2.60. The summed E-state index contributed by atoms with van der Waals surface area (Å²) in [4.78, 5) is 10.9. The van der Waals surface area contributed by atoms with Crippen molar-refractivity contribution in [1.29, 1.82) is 0 Å². The largest absolute Gasteiger partial charge is 0.300 e. The van der Waals surface area contributed by atoms with Crippen molar-refractivity contribution in [1.82, 2.24) is 0 Å². The fourth-order valence-corrected chi connectivity index (χ4v) is 1.63. The van der Waals surface area contributed by atoms with Gasteiger partial charge in [0.15, 0.2) is 0 Å². The molecule has 0 radical (unpaired) electrons. The summed E-state index contributed by atoms with van der Waals surface area (Å²) >= 11 is 0. The molecule has 1 nitrogen and oxygen atoms in total. The van der Waals surface area contributed by atoms with Crippen molar-refractivity contribution in [2.45, 2.75) is 59.0 Å². The molecule has 1 aliphatic rings. The van der Waals surface area contributed by atoms with Gasteiger partial charge in [-0.05, 0) is 39.5 Å². The lowest BCUT2D eigenvalue weighted by Gasteiger charge is -2.29. The second kappa shape index (κ2) is 5.36. The average Bonchev–Trinajstić information content (AvgIpc) is 2.07. The number of halogens is 1. The predicted molar refractivity (Wildman–Crippen MR) is 53.5 cm³/mol. The van der Waals surface area contributed by atoms with Crippen LogP contribution >= 0.6 is 0 Å². The maximum atomic E-state index is 13.2. The Morgan fingerprint density at radius 2 is 1.69 bits per heavy atom. The van der Waals surface area contributed by atoms with Gasteiger partial charge in [0, 0.05) is 5.92 Å². The van der Waals surface area contributed by atoms with Gasteiger partial charge in [-0.2, -0.15) is 0 Å². The molecule has 0 aromatic heterocycles. The molecule has 1 saturated carbocycles. The van der Waals surface area contributed by atoms with E-state index in [1.54, 1.807) is 13.8 Å². The van der Waals surface area contributed by atoms with Crippen molar-refractivity contribution in [2.24, 2.45) is 5.92 Å². The SMILES string of the molecule is CC.CC(=O)C1CCC(C)(F)CC1. The van der Waals surface area contributed by atoms with Crippen LogP contribution < -0.4 is 0 Å². The Hall–Kier alpha value is -0.400. The van der Waals surface area contributed by atoms with Crippen LogP contribution in [0.2, 0.25) is 0 Å². The summed E-state index contributed by atoms with van der Waals surface area (Å²) < 4.78 is 13.2. The normalized spacial score (nSPS) is 33.2. The Morgan fingerprint density at radius 1 is 1.31 bits per heavy atom. The molecule has 1 rings (SSSR count). The number of alkyl halides is 1. The van der Waals surface area contributed by atoms with Crippen molar-refractivity contribution >= 4 is 5.78 Å². The molecule has 0 unspecified atom stereocenters. The van der Waals surface area contributed by atoms with Crippen molar-refractivity contribution in [3.8, 4) is 0 Å². The Kier molecular flexibility index (Phi) is 5.19. The number of Topliss-reactive ketones (excluding diaryl/α,β-unsaturated/α-hetero) is 1. The number of ketones is 1. The maximum Gasteiger partial charge on any atom is 0.132 e. The fourth-order valence-electron chi connectivity index (χ4n) is 1.63. The number of rotatable bonds is 1. The zero-order chi connectivity index (χ0) is 10.5. The molecule has 78 valence electrons. The third kappa shape index (κ3) is 4.39. The van der Waals surface area contributed by atoms with E-state index in [-0.39, 0.29) is 11.7 Å². The molecule has 2 heteroatoms. The number of hydrogen-bond acceptors (Lipinski definition) is 1. The summed E-state index contributed by atoms with van der Waals surface area (Å²) in [5.74, 6) is 0.360. The molecule has 0 N–H and O–H groups in total. The van der Waals surface area contributed by atoms with Crippen LogP contribution in [0.25, 0.3) is 0 Å². The molecular formula is C11H21FO. The zero-order valence-corrected chi connectivity index (χ0v) is 9.19. The molecule has 0 aliphatic heterocycles.